The van der Waals surface area contributed by atoms with Crippen molar-refractivity contribution < 1.29 is 14.7 Å². The fourth-order valence-corrected chi connectivity index (χ4v) is 2.36. The third-order valence-electron chi connectivity index (χ3n) is 4.20. The average Bonchev–Trinajstić information content (AvgIpc) is 2.74. The first-order valence-electron chi connectivity index (χ1n) is 7.33. The lowest BCUT2D eigenvalue weighted by molar-refractivity contribution is -0.147. The number of para-hydroxylation sites is 1. The van der Waals surface area contributed by atoms with Crippen LogP contribution in [0.5, 0.6) is 0 Å². The van der Waals surface area contributed by atoms with Crippen LogP contribution in [0.3, 0.4) is 0 Å². The smallest absolute Gasteiger partial charge is 0.309 e. The molecule has 5 nitrogen and oxygen atoms in total. The Morgan fingerprint density at radius 3 is 2.59 bits per heavy atom. The molecule has 0 fully saturated rings. The van der Waals surface area contributed by atoms with Crippen LogP contribution in [0.2, 0.25) is 0 Å². The molecule has 0 spiro atoms. The number of hydrogen-bond acceptors (Lipinski definition) is 2. The molecule has 0 aliphatic rings. The average molecular weight is 302 g/mol. The van der Waals surface area contributed by atoms with Crippen LogP contribution in [0.25, 0.3) is 10.9 Å². The summed E-state index contributed by atoms with van der Waals surface area (Å²) >= 11 is 0. The Morgan fingerprint density at radius 2 is 1.95 bits per heavy atom. The lowest BCUT2D eigenvalue weighted by Crippen LogP contribution is -2.32. The first-order valence-corrected chi connectivity index (χ1v) is 7.33. The molecule has 0 radical (unpaired) electrons. The number of carbonyl (C=O) groups is 2. The van der Waals surface area contributed by atoms with E-state index in [4.69, 9.17) is 5.11 Å². The zero-order chi connectivity index (χ0) is 16.5. The van der Waals surface area contributed by atoms with Gasteiger partial charge in [-0.05, 0) is 45.7 Å². The van der Waals surface area contributed by atoms with Crippen molar-refractivity contribution in [2.45, 2.75) is 34.1 Å². The van der Waals surface area contributed by atoms with E-state index in [1.54, 1.807) is 19.9 Å². The molecule has 22 heavy (non-hydrogen) atoms. The highest BCUT2D eigenvalue weighted by molar-refractivity contribution is 6.06. The van der Waals surface area contributed by atoms with E-state index in [-0.39, 0.29) is 5.91 Å². The third-order valence-corrected chi connectivity index (χ3v) is 4.20. The van der Waals surface area contributed by atoms with Crippen LogP contribution in [-0.4, -0.2) is 28.5 Å². The van der Waals surface area contributed by atoms with Gasteiger partial charge >= 0.3 is 5.97 Å². The molecular formula is C17H22N2O3. The molecule has 0 saturated heterocycles. The number of benzene rings is 1. The second-order valence-electron chi connectivity index (χ2n) is 6.30. The van der Waals surface area contributed by atoms with E-state index < -0.39 is 11.4 Å². The van der Waals surface area contributed by atoms with Crippen molar-refractivity contribution in [2.75, 3.05) is 6.54 Å². The summed E-state index contributed by atoms with van der Waals surface area (Å²) in [6, 6.07) is 5.62. The van der Waals surface area contributed by atoms with Gasteiger partial charge < -0.3 is 15.4 Å². The van der Waals surface area contributed by atoms with Crippen molar-refractivity contribution in [2.24, 2.45) is 5.41 Å². The summed E-state index contributed by atoms with van der Waals surface area (Å²) in [6.07, 6.45) is 0.382. The summed E-state index contributed by atoms with van der Waals surface area (Å²) in [5, 5.41) is 12.9. The van der Waals surface area contributed by atoms with Crippen LogP contribution < -0.4 is 5.32 Å². The van der Waals surface area contributed by atoms with E-state index in [2.05, 4.69) is 10.3 Å². The van der Waals surface area contributed by atoms with Crippen LogP contribution in [0.4, 0.5) is 0 Å². The first kappa shape index (κ1) is 16.1. The van der Waals surface area contributed by atoms with Crippen LogP contribution in [0.1, 0.15) is 41.9 Å². The van der Waals surface area contributed by atoms with Crippen molar-refractivity contribution in [3.8, 4) is 0 Å². The molecule has 118 valence electrons. The SMILES string of the molecule is Cc1[nH]c2c(C(=O)NCCC(C)(C)C(=O)O)cccc2c1C. The van der Waals surface area contributed by atoms with E-state index in [1.165, 1.54) is 0 Å². The fourth-order valence-electron chi connectivity index (χ4n) is 2.36. The lowest BCUT2D eigenvalue weighted by Gasteiger charge is -2.18. The van der Waals surface area contributed by atoms with E-state index in [0.29, 0.717) is 18.5 Å². The van der Waals surface area contributed by atoms with Crippen LogP contribution >= 0.6 is 0 Å². The van der Waals surface area contributed by atoms with Crippen molar-refractivity contribution in [1.29, 1.82) is 0 Å². The summed E-state index contributed by atoms with van der Waals surface area (Å²) in [4.78, 5) is 26.7. The van der Waals surface area contributed by atoms with Gasteiger partial charge in [0.15, 0.2) is 0 Å². The number of aryl methyl sites for hydroxylation is 2. The monoisotopic (exact) mass is 302 g/mol. The summed E-state index contributed by atoms with van der Waals surface area (Å²) in [7, 11) is 0. The number of aromatic amines is 1. The zero-order valence-electron chi connectivity index (χ0n) is 13.4. The molecular weight excluding hydrogens is 280 g/mol. The van der Waals surface area contributed by atoms with Gasteiger partial charge in [-0.15, -0.1) is 0 Å². The van der Waals surface area contributed by atoms with Crippen molar-refractivity contribution in [1.82, 2.24) is 10.3 Å². The highest BCUT2D eigenvalue weighted by Crippen LogP contribution is 2.24. The number of amides is 1. The van der Waals surface area contributed by atoms with E-state index in [9.17, 15) is 9.59 Å². The van der Waals surface area contributed by atoms with Crippen LogP contribution in [0.15, 0.2) is 18.2 Å². The van der Waals surface area contributed by atoms with E-state index in [0.717, 1.165) is 22.2 Å². The fraction of sp³-hybridized carbons (Fsp3) is 0.412. The highest BCUT2D eigenvalue weighted by Gasteiger charge is 2.26. The number of carboxylic acid groups (broad SMARTS) is 1. The number of aromatic nitrogens is 1. The molecule has 2 aromatic rings. The Balaban J connectivity index is 2.14. The number of rotatable bonds is 5. The van der Waals surface area contributed by atoms with Crippen molar-refractivity contribution in [3.63, 3.8) is 0 Å². The van der Waals surface area contributed by atoms with Gasteiger partial charge in [0.05, 0.1) is 16.5 Å². The van der Waals surface area contributed by atoms with Gasteiger partial charge in [-0.3, -0.25) is 9.59 Å². The highest BCUT2D eigenvalue weighted by atomic mass is 16.4. The standard InChI is InChI=1S/C17H22N2O3/c1-10-11(2)19-14-12(10)6-5-7-13(14)15(20)18-9-8-17(3,4)16(21)22/h5-7,19H,8-9H2,1-4H3,(H,18,20)(H,21,22). The van der Waals surface area contributed by atoms with Gasteiger partial charge in [0.25, 0.3) is 5.91 Å². The van der Waals surface area contributed by atoms with Gasteiger partial charge in [0, 0.05) is 17.6 Å². The minimum Gasteiger partial charge on any atom is -0.481 e. The van der Waals surface area contributed by atoms with Gasteiger partial charge in [0.1, 0.15) is 0 Å². The normalized spacial score (nSPS) is 11.6. The molecule has 0 unspecified atom stereocenters. The molecule has 0 bridgehead atoms. The predicted molar refractivity (Wildman–Crippen MR) is 86.1 cm³/mol. The Morgan fingerprint density at radius 1 is 1.27 bits per heavy atom. The second kappa shape index (κ2) is 5.83. The Labute approximate surface area is 129 Å². The minimum absolute atomic E-state index is 0.187. The number of nitrogens with one attached hydrogen (secondary N) is 2. The Hall–Kier alpha value is -2.30. The molecule has 0 aliphatic heterocycles. The second-order valence-corrected chi connectivity index (χ2v) is 6.30. The Bertz CT molecular complexity index is 729. The Kier molecular flexibility index (Phi) is 4.26. The summed E-state index contributed by atoms with van der Waals surface area (Å²) in [5.74, 6) is -1.05. The third kappa shape index (κ3) is 2.98. The number of hydrogen-bond donors (Lipinski definition) is 3. The number of carbonyl (C=O) groups excluding carboxylic acids is 1. The minimum atomic E-state index is -0.862. The number of H-pyrrole nitrogens is 1. The molecule has 0 atom stereocenters. The molecule has 5 heteroatoms. The zero-order valence-corrected chi connectivity index (χ0v) is 13.4. The quantitative estimate of drug-likeness (QED) is 0.794. The maximum atomic E-state index is 12.4. The molecule has 1 aromatic carbocycles. The van der Waals surface area contributed by atoms with Crippen LogP contribution in [0, 0.1) is 19.3 Å². The van der Waals surface area contributed by atoms with Gasteiger partial charge in [-0.25, -0.2) is 0 Å². The summed E-state index contributed by atoms with van der Waals surface area (Å²) < 4.78 is 0. The number of fused-ring (bicyclic) bond motifs is 1. The summed E-state index contributed by atoms with van der Waals surface area (Å²) in [6.45, 7) is 7.63. The first-order chi connectivity index (χ1) is 10.2. The number of carboxylic acids is 1. The maximum Gasteiger partial charge on any atom is 0.309 e. The predicted octanol–water partition coefficient (Wildman–Crippen LogP) is 3.02. The van der Waals surface area contributed by atoms with Crippen molar-refractivity contribution >= 4 is 22.8 Å². The van der Waals surface area contributed by atoms with Gasteiger partial charge in [-0.2, -0.15) is 0 Å². The maximum absolute atomic E-state index is 12.4. The molecule has 3 N–H and O–H groups in total. The van der Waals surface area contributed by atoms with E-state index >= 15 is 0 Å². The van der Waals surface area contributed by atoms with Gasteiger partial charge in [-0.1, -0.05) is 12.1 Å². The van der Waals surface area contributed by atoms with Crippen molar-refractivity contribution in [3.05, 3.63) is 35.0 Å². The molecule has 1 heterocycles. The molecule has 1 amide bonds. The number of aliphatic carboxylic acids is 1. The largest absolute Gasteiger partial charge is 0.481 e. The topological polar surface area (TPSA) is 82.2 Å². The molecule has 0 saturated carbocycles. The lowest BCUT2D eigenvalue weighted by atomic mass is 9.89. The molecule has 1 aromatic heterocycles. The molecule has 0 aliphatic carbocycles. The van der Waals surface area contributed by atoms with Gasteiger partial charge in [0.2, 0.25) is 0 Å². The van der Waals surface area contributed by atoms with E-state index in [1.807, 2.05) is 26.0 Å². The van der Waals surface area contributed by atoms with Crippen LogP contribution in [-0.2, 0) is 4.79 Å². The molecule has 2 rings (SSSR count). The summed E-state index contributed by atoms with van der Waals surface area (Å²) in [5.41, 5.74) is 2.74.